The first kappa shape index (κ1) is 25.0. The number of benzene rings is 2. The highest BCUT2D eigenvalue weighted by Gasteiger charge is 2.40. The number of ether oxygens (including phenoxy) is 1. The fourth-order valence-corrected chi connectivity index (χ4v) is 6.88. The number of hydrogen-bond donors (Lipinski definition) is 1. The van der Waals surface area contributed by atoms with E-state index in [4.69, 9.17) is 4.74 Å². The van der Waals surface area contributed by atoms with Crippen LogP contribution in [-0.2, 0) is 10.0 Å². The van der Waals surface area contributed by atoms with Gasteiger partial charge in [0, 0.05) is 48.1 Å². The fourth-order valence-electron chi connectivity index (χ4n) is 5.20. The van der Waals surface area contributed by atoms with E-state index in [1.165, 1.54) is 18.5 Å². The van der Waals surface area contributed by atoms with E-state index in [9.17, 15) is 21.6 Å². The summed E-state index contributed by atoms with van der Waals surface area (Å²) < 4.78 is 77.3. The lowest BCUT2D eigenvalue weighted by atomic mass is 9.82. The Morgan fingerprint density at radius 1 is 1.11 bits per heavy atom. The first-order chi connectivity index (χ1) is 17.2. The summed E-state index contributed by atoms with van der Waals surface area (Å²) in [5, 5.41) is 0.166. The van der Waals surface area contributed by atoms with Crippen molar-refractivity contribution in [2.75, 3.05) is 17.9 Å². The predicted octanol–water partition coefficient (Wildman–Crippen LogP) is 5.57. The molecular weight excluding hydrogens is 513 g/mol. The highest BCUT2D eigenvalue weighted by atomic mass is 32.2. The molecule has 0 radical (unpaired) electrons. The summed E-state index contributed by atoms with van der Waals surface area (Å²) in [5.74, 6) is 0.0281. The van der Waals surface area contributed by atoms with Gasteiger partial charge in [0.05, 0.1) is 11.5 Å². The van der Waals surface area contributed by atoms with Crippen molar-refractivity contribution in [1.82, 2.24) is 14.3 Å². The molecule has 1 saturated heterocycles. The normalized spacial score (nSPS) is 23.0. The highest BCUT2D eigenvalue weighted by molar-refractivity contribution is 7.93. The second-order valence-electron chi connectivity index (χ2n) is 9.08. The standard InChI is InChI=1S/C24H25F3N4O3S2/c25-24(26,27)14-16-8-10-31(21(12-16)17-4-2-1-3-5-17)20-9-11-34-22-13-18(6-7-19(20)22)36(32,33)30-23-28-15-29-35-23/h1-7,13,15-16,20-21H,8-12,14H2,(H,28,29,30)/t16-,20+,21+/m1/s1. The van der Waals surface area contributed by atoms with E-state index in [0.717, 1.165) is 22.7 Å². The molecule has 1 N–H and O–H groups in total. The minimum absolute atomic E-state index is 0.0422. The molecule has 0 amide bonds. The van der Waals surface area contributed by atoms with Crippen LogP contribution >= 0.6 is 11.5 Å². The monoisotopic (exact) mass is 538 g/mol. The van der Waals surface area contributed by atoms with Crippen molar-refractivity contribution < 1.29 is 26.3 Å². The van der Waals surface area contributed by atoms with Crippen LogP contribution in [0.3, 0.4) is 0 Å². The molecule has 3 aromatic rings. The smallest absolute Gasteiger partial charge is 0.389 e. The van der Waals surface area contributed by atoms with Crippen LogP contribution in [0.5, 0.6) is 5.75 Å². The van der Waals surface area contributed by atoms with E-state index in [0.29, 0.717) is 38.2 Å². The topological polar surface area (TPSA) is 84.4 Å². The van der Waals surface area contributed by atoms with Gasteiger partial charge in [-0.15, -0.1) is 0 Å². The van der Waals surface area contributed by atoms with Gasteiger partial charge < -0.3 is 4.74 Å². The van der Waals surface area contributed by atoms with Crippen molar-refractivity contribution >= 4 is 26.7 Å². The van der Waals surface area contributed by atoms with Gasteiger partial charge in [0.15, 0.2) is 0 Å². The molecule has 1 aromatic heterocycles. The number of nitrogens with one attached hydrogen (secondary N) is 1. The van der Waals surface area contributed by atoms with E-state index in [2.05, 4.69) is 19.0 Å². The van der Waals surface area contributed by atoms with Gasteiger partial charge in [0.1, 0.15) is 12.1 Å². The Kier molecular flexibility index (Phi) is 6.92. The Balaban J connectivity index is 1.43. The molecule has 0 spiro atoms. The van der Waals surface area contributed by atoms with Gasteiger partial charge in [-0.25, -0.2) is 13.4 Å². The molecule has 12 heteroatoms. The molecule has 192 valence electrons. The Morgan fingerprint density at radius 3 is 2.64 bits per heavy atom. The van der Waals surface area contributed by atoms with Crippen LogP contribution in [0.2, 0.25) is 0 Å². The number of rotatable bonds is 6. The lowest BCUT2D eigenvalue weighted by Crippen LogP contribution is -2.42. The maximum Gasteiger partial charge on any atom is 0.389 e. The number of likely N-dealkylation sites (tertiary alicyclic amines) is 1. The number of sulfonamides is 1. The zero-order chi connectivity index (χ0) is 25.3. The van der Waals surface area contributed by atoms with Crippen LogP contribution in [-0.4, -0.2) is 42.0 Å². The molecule has 2 aliphatic heterocycles. The molecule has 1 fully saturated rings. The number of fused-ring (bicyclic) bond motifs is 1. The van der Waals surface area contributed by atoms with Crippen molar-refractivity contribution in [2.24, 2.45) is 5.92 Å². The van der Waals surface area contributed by atoms with Crippen molar-refractivity contribution in [3.63, 3.8) is 0 Å². The third-order valence-electron chi connectivity index (χ3n) is 6.74. The SMILES string of the molecule is O=S(=O)(Nc1ncns1)c1ccc2c(c1)OCC[C@@H]2N1CC[C@@H](CC(F)(F)F)C[C@H]1c1ccccc1. The zero-order valence-corrected chi connectivity index (χ0v) is 20.8. The summed E-state index contributed by atoms with van der Waals surface area (Å²) >= 11 is 0.934. The molecule has 5 rings (SSSR count). The number of anilines is 1. The van der Waals surface area contributed by atoms with Crippen LogP contribution in [0, 0.1) is 5.92 Å². The van der Waals surface area contributed by atoms with Crippen molar-refractivity contribution in [3.05, 3.63) is 66.0 Å². The van der Waals surface area contributed by atoms with Gasteiger partial charge in [-0.05, 0) is 36.9 Å². The Labute approximate surface area is 211 Å². The third kappa shape index (κ3) is 5.50. The second kappa shape index (κ2) is 9.98. The van der Waals surface area contributed by atoms with Crippen LogP contribution < -0.4 is 9.46 Å². The van der Waals surface area contributed by atoms with Crippen LogP contribution in [0.4, 0.5) is 18.3 Å². The number of nitrogens with zero attached hydrogens (tertiary/aromatic N) is 3. The van der Waals surface area contributed by atoms with Crippen molar-refractivity contribution in [2.45, 2.75) is 48.8 Å². The lowest BCUT2D eigenvalue weighted by Gasteiger charge is -2.46. The number of hydrogen-bond acceptors (Lipinski definition) is 7. The highest BCUT2D eigenvalue weighted by Crippen LogP contribution is 2.47. The average molecular weight is 539 g/mol. The quantitative estimate of drug-likeness (QED) is 0.442. The predicted molar refractivity (Wildman–Crippen MR) is 129 cm³/mol. The minimum Gasteiger partial charge on any atom is -0.493 e. The molecule has 2 aliphatic rings. The van der Waals surface area contributed by atoms with E-state index in [1.807, 2.05) is 30.3 Å². The first-order valence-electron chi connectivity index (χ1n) is 11.6. The van der Waals surface area contributed by atoms with E-state index in [1.54, 1.807) is 6.07 Å². The van der Waals surface area contributed by atoms with E-state index < -0.39 is 28.5 Å². The third-order valence-corrected chi connectivity index (χ3v) is 8.79. The Bertz CT molecular complexity index is 1290. The lowest BCUT2D eigenvalue weighted by molar-refractivity contribution is -0.150. The molecule has 2 aromatic carbocycles. The van der Waals surface area contributed by atoms with E-state index >= 15 is 0 Å². The van der Waals surface area contributed by atoms with Gasteiger partial charge >= 0.3 is 6.18 Å². The van der Waals surface area contributed by atoms with Gasteiger partial charge in [0.2, 0.25) is 5.13 Å². The Morgan fingerprint density at radius 2 is 1.92 bits per heavy atom. The van der Waals surface area contributed by atoms with Crippen LogP contribution in [0.25, 0.3) is 0 Å². The van der Waals surface area contributed by atoms with Crippen molar-refractivity contribution in [1.29, 1.82) is 0 Å². The molecule has 3 atom stereocenters. The molecule has 7 nitrogen and oxygen atoms in total. The summed E-state index contributed by atoms with van der Waals surface area (Å²) in [7, 11) is -3.88. The first-order valence-corrected chi connectivity index (χ1v) is 13.9. The minimum atomic E-state index is -4.19. The fraction of sp³-hybridized carbons (Fsp3) is 0.417. The molecule has 3 heterocycles. The summed E-state index contributed by atoms with van der Waals surface area (Å²) in [6, 6.07) is 14.1. The average Bonchev–Trinajstić information content (AvgIpc) is 3.35. The molecule has 0 saturated carbocycles. The number of aromatic nitrogens is 2. The summed E-state index contributed by atoms with van der Waals surface area (Å²) in [6.45, 7) is 0.901. The maximum absolute atomic E-state index is 13.2. The molecule has 0 aliphatic carbocycles. The van der Waals surface area contributed by atoms with Gasteiger partial charge in [-0.1, -0.05) is 36.4 Å². The van der Waals surface area contributed by atoms with Crippen LogP contribution in [0.1, 0.15) is 48.9 Å². The van der Waals surface area contributed by atoms with Crippen molar-refractivity contribution in [3.8, 4) is 5.75 Å². The summed E-state index contributed by atoms with van der Waals surface area (Å²) in [6.07, 6.45) is -2.18. The summed E-state index contributed by atoms with van der Waals surface area (Å²) in [4.78, 5) is 6.17. The zero-order valence-electron chi connectivity index (χ0n) is 19.2. The second-order valence-corrected chi connectivity index (χ2v) is 11.5. The number of alkyl halides is 3. The van der Waals surface area contributed by atoms with E-state index in [-0.39, 0.29) is 22.1 Å². The molecule has 0 unspecified atom stereocenters. The van der Waals surface area contributed by atoms with Gasteiger partial charge in [0.25, 0.3) is 10.0 Å². The Hall–Kier alpha value is -2.70. The van der Waals surface area contributed by atoms with Gasteiger partial charge in [-0.3, -0.25) is 9.62 Å². The summed E-state index contributed by atoms with van der Waals surface area (Å²) in [5.41, 5.74) is 1.82. The van der Waals surface area contributed by atoms with Crippen LogP contribution in [0.15, 0.2) is 59.8 Å². The molecular formula is C24H25F3N4O3S2. The number of piperidine rings is 1. The molecule has 0 bridgehead atoms. The van der Waals surface area contributed by atoms with Gasteiger partial charge in [-0.2, -0.15) is 17.5 Å². The maximum atomic E-state index is 13.2. The molecule has 36 heavy (non-hydrogen) atoms. The number of halogens is 3. The largest absolute Gasteiger partial charge is 0.493 e.